The number of nitrogens with zero attached hydrogens (tertiary/aromatic N) is 1. The maximum absolute atomic E-state index is 10.5. The molecule has 0 aliphatic heterocycles. The van der Waals surface area contributed by atoms with E-state index >= 15 is 0 Å². The summed E-state index contributed by atoms with van der Waals surface area (Å²) in [5, 5.41) is 2.98. The maximum Gasteiger partial charge on any atom is 0.318 e. The first-order chi connectivity index (χ1) is 7.40. The third kappa shape index (κ3) is 3.29. The van der Waals surface area contributed by atoms with Crippen molar-refractivity contribution in [1.29, 1.82) is 0 Å². The highest BCUT2D eigenvalue weighted by atomic mass is 35.5. The monoisotopic (exact) mass is 260 g/mol. The lowest BCUT2D eigenvalue weighted by atomic mass is 10.2. The Labute approximate surface area is 102 Å². The molecule has 0 atom stereocenters. The zero-order valence-corrected chi connectivity index (χ0v) is 9.93. The van der Waals surface area contributed by atoms with Crippen LogP contribution in [0.4, 0.5) is 10.5 Å². The second-order valence-corrected chi connectivity index (χ2v) is 3.88. The molecule has 1 aromatic carbocycles. The Bertz CT molecular complexity index is 436. The van der Waals surface area contributed by atoms with Gasteiger partial charge in [0.1, 0.15) is 0 Å². The van der Waals surface area contributed by atoms with Crippen LogP contribution in [0.5, 0.6) is 0 Å². The molecule has 0 saturated carbocycles. The van der Waals surface area contributed by atoms with Crippen LogP contribution < -0.4 is 16.8 Å². The number of carbonyl (C=O) groups is 1. The standard InChI is InChI=1S/C9H10Cl2N4O/c1-4-2-5(10)3-6(11)7(4)14-8(12)15-9(13)16/h2-3H,1H3,(H5,12,13,14,15,16). The van der Waals surface area contributed by atoms with Crippen molar-refractivity contribution in [2.24, 2.45) is 16.5 Å². The number of hydrogen-bond acceptors (Lipinski definition) is 2. The number of nitrogens with two attached hydrogens (primary N) is 2. The third-order valence-electron chi connectivity index (χ3n) is 1.70. The quantitative estimate of drug-likeness (QED) is 0.532. The van der Waals surface area contributed by atoms with Crippen molar-refractivity contribution < 1.29 is 4.79 Å². The fourth-order valence-corrected chi connectivity index (χ4v) is 1.75. The molecule has 1 aromatic rings. The van der Waals surface area contributed by atoms with Gasteiger partial charge in [0.2, 0.25) is 5.96 Å². The van der Waals surface area contributed by atoms with E-state index in [9.17, 15) is 4.79 Å². The highest BCUT2D eigenvalue weighted by molar-refractivity contribution is 6.36. The number of primary amides is 1. The number of guanidine groups is 1. The number of urea groups is 1. The first kappa shape index (κ1) is 12.6. The number of carbonyl (C=O) groups excluding carboxylic acids is 1. The van der Waals surface area contributed by atoms with Crippen LogP contribution in [0, 0.1) is 6.92 Å². The molecule has 0 bridgehead atoms. The molecule has 0 spiro atoms. The molecule has 2 amide bonds. The zero-order valence-electron chi connectivity index (χ0n) is 8.42. The molecule has 0 aliphatic rings. The van der Waals surface area contributed by atoms with Crippen molar-refractivity contribution in [3.05, 3.63) is 27.7 Å². The van der Waals surface area contributed by atoms with Crippen molar-refractivity contribution in [3.8, 4) is 0 Å². The van der Waals surface area contributed by atoms with Gasteiger partial charge in [-0.15, -0.1) is 0 Å². The van der Waals surface area contributed by atoms with Crippen LogP contribution in [0.1, 0.15) is 5.56 Å². The van der Waals surface area contributed by atoms with Crippen molar-refractivity contribution in [2.75, 3.05) is 0 Å². The first-order valence-corrected chi connectivity index (χ1v) is 5.02. The summed E-state index contributed by atoms with van der Waals surface area (Å²) in [5.41, 5.74) is 11.5. The second kappa shape index (κ2) is 5.05. The predicted molar refractivity (Wildman–Crippen MR) is 65.2 cm³/mol. The fraction of sp³-hybridized carbons (Fsp3) is 0.111. The number of aliphatic imine (C=N–C) groups is 1. The summed E-state index contributed by atoms with van der Waals surface area (Å²) in [6.07, 6.45) is 0. The summed E-state index contributed by atoms with van der Waals surface area (Å²) < 4.78 is 0. The minimum absolute atomic E-state index is 0.125. The minimum atomic E-state index is -0.788. The molecule has 16 heavy (non-hydrogen) atoms. The lowest BCUT2D eigenvalue weighted by Gasteiger charge is -2.06. The molecular weight excluding hydrogens is 251 g/mol. The molecule has 5 N–H and O–H groups in total. The van der Waals surface area contributed by atoms with Gasteiger partial charge in [-0.05, 0) is 24.6 Å². The molecule has 0 heterocycles. The lowest BCUT2D eigenvalue weighted by Crippen LogP contribution is -2.39. The van der Waals surface area contributed by atoms with E-state index in [0.29, 0.717) is 15.7 Å². The molecular formula is C9H10Cl2N4O. The van der Waals surface area contributed by atoms with Crippen molar-refractivity contribution in [3.63, 3.8) is 0 Å². The van der Waals surface area contributed by atoms with E-state index < -0.39 is 6.03 Å². The van der Waals surface area contributed by atoms with E-state index in [1.165, 1.54) is 6.07 Å². The van der Waals surface area contributed by atoms with Gasteiger partial charge in [-0.3, -0.25) is 5.32 Å². The lowest BCUT2D eigenvalue weighted by molar-refractivity contribution is 0.253. The van der Waals surface area contributed by atoms with Crippen LogP contribution in [-0.4, -0.2) is 12.0 Å². The van der Waals surface area contributed by atoms with Crippen LogP contribution in [0.3, 0.4) is 0 Å². The van der Waals surface area contributed by atoms with Crippen LogP contribution in [-0.2, 0) is 0 Å². The van der Waals surface area contributed by atoms with Gasteiger partial charge in [-0.2, -0.15) is 0 Å². The second-order valence-electron chi connectivity index (χ2n) is 3.04. The minimum Gasteiger partial charge on any atom is -0.369 e. The van der Waals surface area contributed by atoms with Crippen LogP contribution in [0.25, 0.3) is 0 Å². The molecule has 0 saturated heterocycles. The molecule has 5 nitrogen and oxygen atoms in total. The van der Waals surface area contributed by atoms with Gasteiger partial charge in [0.05, 0.1) is 10.7 Å². The van der Waals surface area contributed by atoms with Crippen molar-refractivity contribution >= 4 is 40.9 Å². The predicted octanol–water partition coefficient (Wildman–Crippen LogP) is 1.92. The summed E-state index contributed by atoms with van der Waals surface area (Å²) >= 11 is 11.7. The topological polar surface area (TPSA) is 93.5 Å². The largest absolute Gasteiger partial charge is 0.369 e. The number of aryl methyl sites for hydroxylation is 1. The number of halogens is 2. The Morgan fingerprint density at radius 2 is 2.00 bits per heavy atom. The Kier molecular flexibility index (Phi) is 3.98. The van der Waals surface area contributed by atoms with Gasteiger partial charge in [-0.25, -0.2) is 9.79 Å². The Morgan fingerprint density at radius 1 is 1.38 bits per heavy atom. The highest BCUT2D eigenvalue weighted by Crippen LogP contribution is 2.31. The average molecular weight is 261 g/mol. The summed E-state index contributed by atoms with van der Waals surface area (Å²) in [7, 11) is 0. The zero-order chi connectivity index (χ0) is 12.3. The molecule has 0 aliphatic carbocycles. The average Bonchev–Trinajstić information content (AvgIpc) is 2.09. The molecule has 0 radical (unpaired) electrons. The summed E-state index contributed by atoms with van der Waals surface area (Å²) in [6, 6.07) is 2.43. The Balaban J connectivity index is 3.10. The number of rotatable bonds is 1. The Morgan fingerprint density at radius 3 is 2.50 bits per heavy atom. The number of benzene rings is 1. The smallest absolute Gasteiger partial charge is 0.318 e. The van der Waals surface area contributed by atoms with E-state index in [4.69, 9.17) is 34.7 Å². The summed E-state index contributed by atoms with van der Waals surface area (Å²) in [5.74, 6) is -0.125. The van der Waals surface area contributed by atoms with E-state index in [1.807, 2.05) is 0 Å². The maximum atomic E-state index is 10.5. The van der Waals surface area contributed by atoms with Gasteiger partial charge in [0.15, 0.2) is 0 Å². The van der Waals surface area contributed by atoms with Gasteiger partial charge >= 0.3 is 6.03 Å². The van der Waals surface area contributed by atoms with E-state index in [2.05, 4.69) is 10.3 Å². The number of hydrogen-bond donors (Lipinski definition) is 3. The van der Waals surface area contributed by atoms with Gasteiger partial charge < -0.3 is 11.5 Å². The number of nitrogens with one attached hydrogen (secondary N) is 1. The van der Waals surface area contributed by atoms with Gasteiger partial charge in [0, 0.05) is 5.02 Å². The highest BCUT2D eigenvalue weighted by Gasteiger charge is 2.06. The molecule has 86 valence electrons. The van der Waals surface area contributed by atoms with Crippen LogP contribution >= 0.6 is 23.2 Å². The van der Waals surface area contributed by atoms with Crippen molar-refractivity contribution in [2.45, 2.75) is 6.92 Å². The van der Waals surface area contributed by atoms with E-state index in [-0.39, 0.29) is 5.96 Å². The van der Waals surface area contributed by atoms with Crippen molar-refractivity contribution in [1.82, 2.24) is 5.32 Å². The number of amides is 2. The molecule has 0 unspecified atom stereocenters. The molecule has 0 aromatic heterocycles. The van der Waals surface area contributed by atoms with Crippen LogP contribution in [0.15, 0.2) is 17.1 Å². The summed E-state index contributed by atoms with van der Waals surface area (Å²) in [4.78, 5) is 14.5. The van der Waals surface area contributed by atoms with E-state index in [0.717, 1.165) is 5.56 Å². The van der Waals surface area contributed by atoms with Gasteiger partial charge in [-0.1, -0.05) is 23.2 Å². The Hall–Kier alpha value is -1.46. The third-order valence-corrected chi connectivity index (χ3v) is 2.21. The SMILES string of the molecule is Cc1cc(Cl)cc(Cl)c1N=C(N)NC(N)=O. The molecule has 0 fully saturated rings. The molecule has 7 heteroatoms. The summed E-state index contributed by atoms with van der Waals surface area (Å²) in [6.45, 7) is 1.77. The normalized spacial score (nSPS) is 11.3. The fourth-order valence-electron chi connectivity index (χ4n) is 1.11. The first-order valence-electron chi connectivity index (χ1n) is 4.26. The molecule has 1 rings (SSSR count). The van der Waals surface area contributed by atoms with E-state index in [1.54, 1.807) is 13.0 Å². The van der Waals surface area contributed by atoms with Crippen LogP contribution in [0.2, 0.25) is 10.0 Å². The van der Waals surface area contributed by atoms with Gasteiger partial charge in [0.25, 0.3) is 0 Å².